The summed E-state index contributed by atoms with van der Waals surface area (Å²) in [6.45, 7) is 1.98. The van der Waals surface area contributed by atoms with Gasteiger partial charge in [0.15, 0.2) is 11.5 Å². The van der Waals surface area contributed by atoms with Gasteiger partial charge in [0.1, 0.15) is 5.03 Å². The molecule has 0 spiro atoms. The Kier molecular flexibility index (Phi) is 5.92. The van der Waals surface area contributed by atoms with Crippen LogP contribution in [0.3, 0.4) is 0 Å². The molecule has 2 heterocycles. The Morgan fingerprint density at radius 3 is 2.21 bits per heavy atom. The fourth-order valence-electron chi connectivity index (χ4n) is 2.30. The third-order valence-electron chi connectivity index (χ3n) is 4.02. The molecule has 28 heavy (non-hydrogen) atoms. The van der Waals surface area contributed by atoms with E-state index in [1.54, 1.807) is 12.1 Å². The van der Waals surface area contributed by atoms with Crippen molar-refractivity contribution in [3.05, 3.63) is 52.9 Å². The molecule has 0 aliphatic heterocycles. The van der Waals surface area contributed by atoms with Crippen LogP contribution in [0.2, 0.25) is 5.02 Å². The third-order valence-corrected chi connectivity index (χ3v) is 5.14. The van der Waals surface area contributed by atoms with Crippen LogP contribution >= 0.6 is 23.4 Å². The molecule has 0 fully saturated rings. The fraction of sp³-hybridized carbons (Fsp3) is 0.294. The van der Waals surface area contributed by atoms with Gasteiger partial charge in [-0.05, 0) is 69.2 Å². The van der Waals surface area contributed by atoms with Crippen LogP contribution in [-0.4, -0.2) is 44.0 Å². The van der Waals surface area contributed by atoms with Crippen LogP contribution in [-0.2, 0) is 6.18 Å². The summed E-state index contributed by atoms with van der Waals surface area (Å²) in [4.78, 5) is 1.98. The maximum Gasteiger partial charge on any atom is 0.435 e. The van der Waals surface area contributed by atoms with Crippen LogP contribution < -0.4 is 0 Å². The molecule has 0 aliphatic carbocycles. The largest absolute Gasteiger partial charge is 0.435 e. The number of aromatic nitrogens is 5. The van der Waals surface area contributed by atoms with Gasteiger partial charge in [-0.3, -0.25) is 9.47 Å². The lowest BCUT2D eigenvalue weighted by molar-refractivity contribution is -0.141. The van der Waals surface area contributed by atoms with E-state index < -0.39 is 11.9 Å². The number of hydrogen-bond acceptors (Lipinski definition) is 6. The van der Waals surface area contributed by atoms with Crippen LogP contribution in [0.4, 0.5) is 13.2 Å². The molecular formula is C17H16ClF3N6S. The molecule has 0 N–H and O–H groups in total. The van der Waals surface area contributed by atoms with Crippen LogP contribution in [0.15, 0.2) is 46.6 Å². The van der Waals surface area contributed by atoms with Crippen molar-refractivity contribution in [2.75, 3.05) is 14.1 Å². The quantitative estimate of drug-likeness (QED) is 0.596. The van der Waals surface area contributed by atoms with Gasteiger partial charge in [-0.25, -0.2) is 0 Å². The van der Waals surface area contributed by atoms with E-state index in [2.05, 4.69) is 20.4 Å². The zero-order valence-electron chi connectivity index (χ0n) is 15.1. The molecule has 0 radical (unpaired) electrons. The Bertz CT molecular complexity index is 941. The van der Waals surface area contributed by atoms with Gasteiger partial charge < -0.3 is 0 Å². The Morgan fingerprint density at radius 2 is 1.68 bits per heavy atom. The molecule has 3 rings (SSSR count). The molecule has 0 saturated carbocycles. The van der Waals surface area contributed by atoms with Gasteiger partial charge in [0, 0.05) is 10.7 Å². The summed E-state index contributed by atoms with van der Waals surface area (Å²) in [5.41, 5.74) is -0.265. The van der Waals surface area contributed by atoms with Crippen molar-refractivity contribution in [1.82, 2.24) is 29.9 Å². The van der Waals surface area contributed by atoms with Gasteiger partial charge in [-0.1, -0.05) is 11.6 Å². The fourth-order valence-corrected chi connectivity index (χ4v) is 3.20. The van der Waals surface area contributed by atoms with Crippen molar-refractivity contribution in [2.45, 2.75) is 29.3 Å². The minimum absolute atomic E-state index is 0.0591. The van der Waals surface area contributed by atoms with Gasteiger partial charge in [0.2, 0.25) is 5.16 Å². The molecule has 0 amide bonds. The molecule has 6 nitrogen and oxygen atoms in total. The summed E-state index contributed by atoms with van der Waals surface area (Å²) in [5.74, 6) is 0.676. The lowest BCUT2D eigenvalue weighted by atomic mass is 10.2. The second kappa shape index (κ2) is 8.06. The lowest BCUT2D eigenvalue weighted by Gasteiger charge is -2.20. The molecule has 148 valence electrons. The summed E-state index contributed by atoms with van der Waals surface area (Å²) in [6.07, 6.45) is -4.53. The number of hydrogen-bond donors (Lipinski definition) is 0. The van der Waals surface area contributed by atoms with Crippen molar-refractivity contribution < 1.29 is 13.2 Å². The molecular weight excluding hydrogens is 413 g/mol. The highest BCUT2D eigenvalue weighted by Crippen LogP contribution is 2.32. The van der Waals surface area contributed by atoms with E-state index in [1.165, 1.54) is 6.07 Å². The van der Waals surface area contributed by atoms with E-state index in [4.69, 9.17) is 11.6 Å². The van der Waals surface area contributed by atoms with Crippen molar-refractivity contribution in [2.24, 2.45) is 0 Å². The molecule has 2 aromatic heterocycles. The average Bonchev–Trinajstić information content (AvgIpc) is 3.04. The molecule has 0 bridgehead atoms. The highest BCUT2D eigenvalue weighted by Gasteiger charge is 2.33. The average molecular weight is 429 g/mol. The molecule has 3 aromatic rings. The minimum Gasteiger partial charge on any atom is -0.300 e. The first-order valence-electron chi connectivity index (χ1n) is 8.13. The van der Waals surface area contributed by atoms with E-state index in [1.807, 2.05) is 42.6 Å². The number of alkyl halides is 3. The Labute approximate surface area is 168 Å². The first-order chi connectivity index (χ1) is 13.2. The highest BCUT2D eigenvalue weighted by molar-refractivity contribution is 7.99. The summed E-state index contributed by atoms with van der Waals surface area (Å²) in [5, 5.41) is 16.7. The number of rotatable bonds is 5. The van der Waals surface area contributed by atoms with Crippen molar-refractivity contribution in [3.8, 4) is 5.69 Å². The summed E-state index contributed by atoms with van der Waals surface area (Å²) < 4.78 is 39.9. The van der Waals surface area contributed by atoms with Gasteiger partial charge in [0.05, 0.1) is 6.04 Å². The Morgan fingerprint density at radius 1 is 1.00 bits per heavy atom. The summed E-state index contributed by atoms with van der Waals surface area (Å²) >= 11 is 7.06. The lowest BCUT2D eigenvalue weighted by Crippen LogP contribution is -2.20. The van der Waals surface area contributed by atoms with Crippen LogP contribution in [0.1, 0.15) is 24.5 Å². The van der Waals surface area contributed by atoms with Crippen LogP contribution in [0.5, 0.6) is 0 Å². The van der Waals surface area contributed by atoms with E-state index in [0.29, 0.717) is 16.0 Å². The SMILES string of the molecule is CC(c1nnc(Sc2ccc(C(F)(F)F)nn2)n1-c1ccc(Cl)cc1)N(C)C. The van der Waals surface area contributed by atoms with Crippen LogP contribution in [0, 0.1) is 0 Å². The molecule has 1 aromatic carbocycles. The second-order valence-corrected chi connectivity index (χ2v) is 7.57. The first kappa shape index (κ1) is 20.6. The number of halogens is 4. The van der Waals surface area contributed by atoms with E-state index in [9.17, 15) is 13.2 Å². The molecule has 1 atom stereocenters. The van der Waals surface area contributed by atoms with Gasteiger partial charge >= 0.3 is 6.18 Å². The van der Waals surface area contributed by atoms with Crippen molar-refractivity contribution in [3.63, 3.8) is 0 Å². The van der Waals surface area contributed by atoms with E-state index in [0.717, 1.165) is 23.5 Å². The second-order valence-electron chi connectivity index (χ2n) is 6.15. The maximum absolute atomic E-state index is 12.7. The number of benzene rings is 1. The number of nitrogens with zero attached hydrogens (tertiary/aromatic N) is 6. The summed E-state index contributed by atoms with van der Waals surface area (Å²) in [6, 6.07) is 9.22. The molecule has 1 unspecified atom stereocenters. The molecule has 0 aliphatic rings. The third kappa shape index (κ3) is 4.45. The highest BCUT2D eigenvalue weighted by atomic mass is 35.5. The maximum atomic E-state index is 12.7. The van der Waals surface area contributed by atoms with Gasteiger partial charge in [-0.15, -0.1) is 20.4 Å². The topological polar surface area (TPSA) is 59.7 Å². The standard InChI is InChI=1S/C17H16ClF3N6S/c1-10(26(2)3)15-24-25-16(27(15)12-6-4-11(18)5-7-12)28-14-9-8-13(22-23-14)17(19,20)21/h4-10H,1-3H3. The zero-order valence-corrected chi connectivity index (χ0v) is 16.7. The first-order valence-corrected chi connectivity index (χ1v) is 9.32. The molecule has 11 heteroatoms. The zero-order chi connectivity index (χ0) is 20.5. The normalized spacial score (nSPS) is 13.1. The Balaban J connectivity index is 2.00. The molecule has 0 saturated heterocycles. The van der Waals surface area contributed by atoms with E-state index in [-0.39, 0.29) is 11.1 Å². The van der Waals surface area contributed by atoms with E-state index >= 15 is 0 Å². The predicted octanol–water partition coefficient (Wildman–Crippen LogP) is 4.50. The Hall–Kier alpha value is -2.17. The van der Waals surface area contributed by atoms with Crippen molar-refractivity contribution >= 4 is 23.4 Å². The predicted molar refractivity (Wildman–Crippen MR) is 99.6 cm³/mol. The smallest absolute Gasteiger partial charge is 0.300 e. The van der Waals surface area contributed by atoms with Gasteiger partial charge in [0.25, 0.3) is 0 Å². The minimum atomic E-state index is -4.53. The summed E-state index contributed by atoms with van der Waals surface area (Å²) in [7, 11) is 3.83. The van der Waals surface area contributed by atoms with Gasteiger partial charge in [-0.2, -0.15) is 13.2 Å². The van der Waals surface area contributed by atoms with Crippen molar-refractivity contribution in [1.29, 1.82) is 0 Å². The van der Waals surface area contributed by atoms with Crippen LogP contribution in [0.25, 0.3) is 5.69 Å². The monoisotopic (exact) mass is 428 g/mol.